The number of piperidine rings is 2. The van der Waals surface area contributed by atoms with E-state index in [1.165, 1.54) is 6.42 Å². The zero-order chi connectivity index (χ0) is 20.7. The van der Waals surface area contributed by atoms with E-state index in [9.17, 15) is 10.5 Å². The van der Waals surface area contributed by atoms with Gasteiger partial charge in [0.2, 0.25) is 0 Å². The monoisotopic (exact) mass is 399 g/mol. The van der Waals surface area contributed by atoms with Gasteiger partial charge in [-0.15, -0.1) is 0 Å². The highest BCUT2D eigenvalue weighted by Crippen LogP contribution is 2.47. The number of pyridine rings is 2. The van der Waals surface area contributed by atoms with E-state index in [1.807, 2.05) is 6.07 Å². The lowest BCUT2D eigenvalue weighted by Crippen LogP contribution is -2.40. The molecular weight excluding hydrogens is 374 g/mol. The van der Waals surface area contributed by atoms with Crippen molar-refractivity contribution in [2.75, 3.05) is 43.4 Å². The van der Waals surface area contributed by atoms with Crippen molar-refractivity contribution < 1.29 is 0 Å². The number of likely N-dealkylation sites (tertiary alicyclic amines) is 1. The number of fused-ring (bicyclic) bond motifs is 1. The van der Waals surface area contributed by atoms with Crippen LogP contribution in [0.1, 0.15) is 30.4 Å². The van der Waals surface area contributed by atoms with Crippen LogP contribution in [-0.4, -0.2) is 48.1 Å². The number of hydrogen-bond acceptors (Lipinski definition) is 7. The Balaban J connectivity index is 1.52. The van der Waals surface area contributed by atoms with E-state index in [0.717, 1.165) is 62.2 Å². The lowest BCUT2D eigenvalue weighted by molar-refractivity contribution is 0.222. The highest BCUT2D eigenvalue weighted by molar-refractivity contribution is 5.60. The van der Waals surface area contributed by atoms with E-state index in [4.69, 9.17) is 4.98 Å². The van der Waals surface area contributed by atoms with E-state index >= 15 is 0 Å². The normalized spacial score (nSPS) is 24.6. The summed E-state index contributed by atoms with van der Waals surface area (Å²) in [4.78, 5) is 13.8. The van der Waals surface area contributed by atoms with Gasteiger partial charge in [0.05, 0.1) is 23.1 Å². The van der Waals surface area contributed by atoms with Crippen molar-refractivity contribution in [3.05, 3.63) is 41.6 Å². The molecule has 2 atom stereocenters. The lowest BCUT2D eigenvalue weighted by atomic mass is 9.74. The molecule has 0 spiro atoms. The molecule has 2 aliphatic heterocycles. The van der Waals surface area contributed by atoms with Gasteiger partial charge in [0.1, 0.15) is 17.5 Å². The second kappa shape index (κ2) is 7.27. The minimum absolute atomic E-state index is 0.495. The lowest BCUT2D eigenvalue weighted by Gasteiger charge is -2.36. The van der Waals surface area contributed by atoms with Crippen LogP contribution in [0, 0.1) is 34.5 Å². The predicted molar refractivity (Wildman–Crippen MR) is 114 cm³/mol. The van der Waals surface area contributed by atoms with Crippen molar-refractivity contribution in [2.24, 2.45) is 11.8 Å². The molecule has 2 saturated heterocycles. The molecule has 152 valence electrons. The van der Waals surface area contributed by atoms with Crippen molar-refractivity contribution in [3.63, 3.8) is 0 Å². The van der Waals surface area contributed by atoms with E-state index in [0.29, 0.717) is 17.2 Å². The molecule has 2 unspecified atom stereocenters. The van der Waals surface area contributed by atoms with E-state index in [-0.39, 0.29) is 0 Å². The highest BCUT2D eigenvalue weighted by atomic mass is 15.2. The van der Waals surface area contributed by atoms with Gasteiger partial charge in [0.25, 0.3) is 0 Å². The first-order valence-corrected chi connectivity index (χ1v) is 10.6. The first-order valence-electron chi connectivity index (χ1n) is 10.6. The predicted octanol–water partition coefficient (Wildman–Crippen LogP) is 3.03. The van der Waals surface area contributed by atoms with Gasteiger partial charge >= 0.3 is 0 Å². The zero-order valence-electron chi connectivity index (χ0n) is 17.2. The van der Waals surface area contributed by atoms with Gasteiger partial charge in [-0.3, -0.25) is 0 Å². The summed E-state index contributed by atoms with van der Waals surface area (Å²) in [5.41, 5.74) is 1.08. The average molecular weight is 400 g/mol. The summed E-state index contributed by atoms with van der Waals surface area (Å²) in [6.07, 6.45) is 4.58. The third kappa shape index (κ3) is 3.46. The molecule has 2 aromatic rings. The van der Waals surface area contributed by atoms with Gasteiger partial charge in [0, 0.05) is 19.3 Å². The maximum Gasteiger partial charge on any atom is 0.134 e. The molecule has 7 heteroatoms. The maximum atomic E-state index is 10.2. The number of rotatable bonds is 4. The SMILES string of the molecule is CN1CCC(C#N)(c2cc(Nc3cc(C#N)ccn3)nc(N3CC4CC4C3)c2)CC1. The van der Waals surface area contributed by atoms with E-state index in [2.05, 4.69) is 45.4 Å². The highest BCUT2D eigenvalue weighted by Gasteiger charge is 2.46. The number of nitrogens with zero attached hydrogens (tertiary/aromatic N) is 6. The smallest absolute Gasteiger partial charge is 0.134 e. The summed E-state index contributed by atoms with van der Waals surface area (Å²) in [6.45, 7) is 3.91. The second-order valence-corrected chi connectivity index (χ2v) is 8.92. The van der Waals surface area contributed by atoms with Crippen molar-refractivity contribution in [2.45, 2.75) is 24.7 Å². The summed E-state index contributed by atoms with van der Waals surface area (Å²) in [5.74, 6) is 3.80. The summed E-state index contributed by atoms with van der Waals surface area (Å²) in [7, 11) is 2.11. The second-order valence-electron chi connectivity index (χ2n) is 8.92. The average Bonchev–Trinajstić information content (AvgIpc) is 3.39. The molecule has 1 saturated carbocycles. The van der Waals surface area contributed by atoms with Gasteiger partial charge in [-0.2, -0.15) is 10.5 Å². The number of hydrogen-bond donors (Lipinski definition) is 1. The van der Waals surface area contributed by atoms with Gasteiger partial charge in [-0.1, -0.05) is 0 Å². The molecule has 7 nitrogen and oxygen atoms in total. The fourth-order valence-corrected chi connectivity index (χ4v) is 4.77. The Kier molecular flexibility index (Phi) is 4.56. The van der Waals surface area contributed by atoms with E-state index < -0.39 is 5.41 Å². The minimum atomic E-state index is -0.495. The molecule has 2 aromatic heterocycles. The summed E-state index contributed by atoms with van der Waals surface area (Å²) in [6, 6.07) is 12.3. The molecule has 5 rings (SSSR count). The van der Waals surface area contributed by atoms with Gasteiger partial charge in [-0.25, -0.2) is 9.97 Å². The minimum Gasteiger partial charge on any atom is -0.356 e. The van der Waals surface area contributed by atoms with Crippen molar-refractivity contribution in [3.8, 4) is 12.1 Å². The van der Waals surface area contributed by atoms with Crippen LogP contribution in [-0.2, 0) is 5.41 Å². The molecular formula is C23H25N7. The van der Waals surface area contributed by atoms with Gasteiger partial charge in [0.15, 0.2) is 0 Å². The number of anilines is 3. The topological polar surface area (TPSA) is 91.9 Å². The van der Waals surface area contributed by atoms with Crippen LogP contribution in [0.5, 0.6) is 0 Å². The van der Waals surface area contributed by atoms with Gasteiger partial charge in [-0.05, 0) is 81.1 Å². The van der Waals surface area contributed by atoms with Crippen LogP contribution in [0.3, 0.4) is 0 Å². The summed E-state index contributed by atoms with van der Waals surface area (Å²) >= 11 is 0. The third-order valence-corrected chi connectivity index (χ3v) is 6.87. The molecule has 3 aliphatic rings. The molecule has 30 heavy (non-hydrogen) atoms. The van der Waals surface area contributed by atoms with Crippen LogP contribution in [0.4, 0.5) is 17.5 Å². The Morgan fingerprint density at radius 1 is 1.10 bits per heavy atom. The maximum absolute atomic E-state index is 10.2. The fraction of sp³-hybridized carbons (Fsp3) is 0.478. The largest absolute Gasteiger partial charge is 0.356 e. The Labute approximate surface area is 177 Å². The van der Waals surface area contributed by atoms with Crippen molar-refractivity contribution >= 4 is 17.5 Å². The van der Waals surface area contributed by atoms with Crippen LogP contribution < -0.4 is 10.2 Å². The standard InChI is InChI=1S/C23H25N7/c1-29-6-3-23(15-25,4-7-29)19-10-21(27-20-8-16(12-24)2-5-26-20)28-22(11-19)30-13-17-9-18(17)14-30/h2,5,8,10-11,17-18H,3-4,6-7,9,13-14H2,1H3,(H,26,27,28). The molecule has 0 radical (unpaired) electrons. The Bertz CT molecular complexity index is 1030. The molecule has 0 bridgehead atoms. The van der Waals surface area contributed by atoms with Crippen LogP contribution in [0.15, 0.2) is 30.5 Å². The quantitative estimate of drug-likeness (QED) is 0.845. The molecule has 1 N–H and O–H groups in total. The Morgan fingerprint density at radius 2 is 1.87 bits per heavy atom. The van der Waals surface area contributed by atoms with Crippen LogP contribution in [0.2, 0.25) is 0 Å². The molecule has 0 aromatic carbocycles. The van der Waals surface area contributed by atoms with Crippen molar-refractivity contribution in [1.29, 1.82) is 10.5 Å². The van der Waals surface area contributed by atoms with Crippen molar-refractivity contribution in [1.82, 2.24) is 14.9 Å². The number of aromatic nitrogens is 2. The first kappa shape index (κ1) is 18.8. The number of nitrogens with one attached hydrogen (secondary N) is 1. The van der Waals surface area contributed by atoms with E-state index in [1.54, 1.807) is 18.3 Å². The summed E-state index contributed by atoms with van der Waals surface area (Å²) in [5, 5.41) is 22.6. The Hall–Kier alpha value is -3.16. The third-order valence-electron chi connectivity index (χ3n) is 6.87. The molecule has 4 heterocycles. The van der Waals surface area contributed by atoms with Crippen LogP contribution in [0.25, 0.3) is 0 Å². The molecule has 1 aliphatic carbocycles. The Morgan fingerprint density at radius 3 is 2.57 bits per heavy atom. The number of nitriles is 2. The molecule has 3 fully saturated rings. The fourth-order valence-electron chi connectivity index (χ4n) is 4.77. The first-order chi connectivity index (χ1) is 14.6. The zero-order valence-corrected chi connectivity index (χ0v) is 17.2. The summed E-state index contributed by atoms with van der Waals surface area (Å²) < 4.78 is 0. The van der Waals surface area contributed by atoms with Gasteiger partial charge < -0.3 is 15.1 Å². The van der Waals surface area contributed by atoms with Crippen LogP contribution >= 0.6 is 0 Å². The molecule has 0 amide bonds.